The van der Waals surface area contributed by atoms with E-state index in [1.54, 1.807) is 10.9 Å². The summed E-state index contributed by atoms with van der Waals surface area (Å²) < 4.78 is 2.57. The number of nitrogens with zero attached hydrogens (tertiary/aromatic N) is 3. The van der Waals surface area contributed by atoms with E-state index >= 15 is 0 Å². The second-order valence-corrected chi connectivity index (χ2v) is 3.96. The molecule has 4 heteroatoms. The summed E-state index contributed by atoms with van der Waals surface area (Å²) in [5, 5.41) is 12.9. The number of hydrogen-bond donors (Lipinski definition) is 0. The molecule has 0 unspecified atom stereocenters. The normalized spacial score (nSPS) is 11.2. The number of aromatic nitrogens is 2. The third kappa shape index (κ3) is 1.37. The Hall–Kier alpha value is -0.820. The first-order valence-corrected chi connectivity index (χ1v) is 4.37. The van der Waals surface area contributed by atoms with Crippen molar-refractivity contribution in [2.75, 3.05) is 0 Å². The Morgan fingerprint density at radius 1 is 1.67 bits per heavy atom. The molecule has 0 aliphatic carbocycles. The first-order valence-electron chi connectivity index (χ1n) is 3.58. The van der Waals surface area contributed by atoms with E-state index in [1.807, 2.05) is 20.9 Å². The second kappa shape index (κ2) is 2.91. The topological polar surface area (TPSA) is 41.6 Å². The highest BCUT2D eigenvalue weighted by molar-refractivity contribution is 9.10. The molecule has 0 aromatic carbocycles. The van der Waals surface area contributed by atoms with Crippen molar-refractivity contribution in [3.8, 4) is 6.07 Å². The average Bonchev–Trinajstić information content (AvgIpc) is 2.33. The average molecular weight is 228 g/mol. The number of hydrogen-bond acceptors (Lipinski definition) is 2. The summed E-state index contributed by atoms with van der Waals surface area (Å²) in [7, 11) is 1.83. The molecule has 3 nitrogen and oxygen atoms in total. The lowest BCUT2D eigenvalue weighted by molar-refractivity contribution is 0.676. The lowest BCUT2D eigenvalue weighted by Gasteiger charge is -2.13. The molecule has 1 heterocycles. The Labute approximate surface area is 80.1 Å². The Bertz CT molecular complexity index is 333. The monoisotopic (exact) mass is 227 g/mol. The fourth-order valence-corrected chi connectivity index (χ4v) is 1.59. The number of halogens is 1. The molecule has 0 saturated heterocycles. The maximum atomic E-state index is 8.87. The van der Waals surface area contributed by atoms with Gasteiger partial charge in [-0.1, -0.05) is 0 Å². The van der Waals surface area contributed by atoms with Crippen LogP contribution in [0.5, 0.6) is 0 Å². The molecule has 0 aliphatic heterocycles. The van der Waals surface area contributed by atoms with Crippen LogP contribution in [0.4, 0.5) is 0 Å². The highest BCUT2D eigenvalue weighted by atomic mass is 79.9. The van der Waals surface area contributed by atoms with Gasteiger partial charge in [0, 0.05) is 12.6 Å². The Kier molecular flexibility index (Phi) is 2.25. The molecule has 0 N–H and O–H groups in total. The van der Waals surface area contributed by atoms with Gasteiger partial charge in [-0.25, -0.2) is 0 Å². The van der Waals surface area contributed by atoms with E-state index in [-0.39, 0.29) is 0 Å². The highest BCUT2D eigenvalue weighted by Crippen LogP contribution is 2.28. The van der Waals surface area contributed by atoms with E-state index in [0.29, 0.717) is 0 Å². The minimum atomic E-state index is -0.479. The van der Waals surface area contributed by atoms with Crippen molar-refractivity contribution < 1.29 is 0 Å². The molecular formula is C8H10BrN3. The van der Waals surface area contributed by atoms with Crippen molar-refractivity contribution in [1.82, 2.24) is 9.78 Å². The summed E-state index contributed by atoms with van der Waals surface area (Å²) in [6.45, 7) is 3.74. The van der Waals surface area contributed by atoms with Gasteiger partial charge in [-0.05, 0) is 29.8 Å². The summed E-state index contributed by atoms with van der Waals surface area (Å²) in [6, 6.07) is 2.23. The Morgan fingerprint density at radius 2 is 2.25 bits per heavy atom. The molecule has 0 aliphatic rings. The van der Waals surface area contributed by atoms with Crippen LogP contribution in [0.1, 0.15) is 19.4 Å². The maximum absolute atomic E-state index is 8.87. The van der Waals surface area contributed by atoms with Crippen LogP contribution < -0.4 is 0 Å². The Balaban J connectivity index is 3.22. The molecule has 12 heavy (non-hydrogen) atoms. The van der Waals surface area contributed by atoms with Gasteiger partial charge in [-0.3, -0.25) is 4.68 Å². The standard InChI is InChI=1S/C8H10BrN3/c1-8(2,5-10)6-4-11-12(3)7(6)9/h4H,1-3H3. The first kappa shape index (κ1) is 9.27. The third-order valence-corrected chi connectivity index (χ3v) is 2.76. The number of rotatable bonds is 1. The van der Waals surface area contributed by atoms with Crippen molar-refractivity contribution in [3.63, 3.8) is 0 Å². The van der Waals surface area contributed by atoms with E-state index in [2.05, 4.69) is 27.1 Å². The van der Waals surface area contributed by atoms with Crippen LogP contribution >= 0.6 is 15.9 Å². The summed E-state index contributed by atoms with van der Waals surface area (Å²) in [5.74, 6) is 0. The quantitative estimate of drug-likeness (QED) is 0.737. The lowest BCUT2D eigenvalue weighted by atomic mass is 9.89. The van der Waals surface area contributed by atoms with E-state index in [4.69, 9.17) is 5.26 Å². The molecule has 0 spiro atoms. The van der Waals surface area contributed by atoms with Crippen molar-refractivity contribution in [2.24, 2.45) is 7.05 Å². The second-order valence-electron chi connectivity index (χ2n) is 3.21. The molecule has 0 bridgehead atoms. The molecule has 64 valence electrons. The summed E-state index contributed by atoms with van der Waals surface area (Å²) >= 11 is 3.38. The van der Waals surface area contributed by atoms with Gasteiger partial charge in [0.2, 0.25) is 0 Å². The van der Waals surface area contributed by atoms with Crippen LogP contribution in [-0.4, -0.2) is 9.78 Å². The van der Waals surface area contributed by atoms with Gasteiger partial charge in [0.15, 0.2) is 0 Å². The van der Waals surface area contributed by atoms with E-state index in [1.165, 1.54) is 0 Å². The smallest absolute Gasteiger partial charge is 0.108 e. The van der Waals surface area contributed by atoms with Crippen LogP contribution in [0.2, 0.25) is 0 Å². The minimum absolute atomic E-state index is 0.479. The largest absolute Gasteiger partial charge is 0.261 e. The molecule has 0 fully saturated rings. The van der Waals surface area contributed by atoms with Gasteiger partial charge < -0.3 is 0 Å². The molecule has 1 rings (SSSR count). The fourth-order valence-electron chi connectivity index (χ4n) is 0.902. The number of nitriles is 1. The van der Waals surface area contributed by atoms with Crippen molar-refractivity contribution >= 4 is 15.9 Å². The van der Waals surface area contributed by atoms with Crippen molar-refractivity contribution in [1.29, 1.82) is 5.26 Å². The van der Waals surface area contributed by atoms with Gasteiger partial charge in [0.1, 0.15) is 4.60 Å². The van der Waals surface area contributed by atoms with Crippen molar-refractivity contribution in [3.05, 3.63) is 16.4 Å². The third-order valence-electron chi connectivity index (χ3n) is 1.82. The molecule has 0 saturated carbocycles. The van der Waals surface area contributed by atoms with E-state index in [0.717, 1.165) is 10.2 Å². The molecule has 1 aromatic rings. The van der Waals surface area contributed by atoms with Crippen LogP contribution in [0, 0.1) is 11.3 Å². The molecule has 1 aromatic heterocycles. The van der Waals surface area contributed by atoms with Gasteiger partial charge in [-0.15, -0.1) is 0 Å². The zero-order valence-corrected chi connectivity index (χ0v) is 8.88. The van der Waals surface area contributed by atoms with Crippen molar-refractivity contribution in [2.45, 2.75) is 19.3 Å². The van der Waals surface area contributed by atoms with Crippen LogP contribution in [0.25, 0.3) is 0 Å². The molecule has 0 atom stereocenters. The van der Waals surface area contributed by atoms with Gasteiger partial charge in [-0.2, -0.15) is 10.4 Å². The number of aryl methyl sites for hydroxylation is 1. The zero-order valence-electron chi connectivity index (χ0n) is 7.30. The Morgan fingerprint density at radius 3 is 2.58 bits per heavy atom. The van der Waals surface area contributed by atoms with Crippen LogP contribution in [0.15, 0.2) is 10.8 Å². The first-order chi connectivity index (χ1) is 5.49. The fraction of sp³-hybridized carbons (Fsp3) is 0.500. The van der Waals surface area contributed by atoms with Gasteiger partial charge in [0.05, 0.1) is 17.7 Å². The highest BCUT2D eigenvalue weighted by Gasteiger charge is 2.24. The zero-order chi connectivity index (χ0) is 9.35. The SMILES string of the molecule is Cn1ncc(C(C)(C)C#N)c1Br. The maximum Gasteiger partial charge on any atom is 0.108 e. The molecular weight excluding hydrogens is 218 g/mol. The van der Waals surface area contributed by atoms with Crippen LogP contribution in [-0.2, 0) is 12.5 Å². The molecule has 0 amide bonds. The summed E-state index contributed by atoms with van der Waals surface area (Å²) in [5.41, 5.74) is 0.445. The molecule has 0 radical (unpaired) electrons. The van der Waals surface area contributed by atoms with Gasteiger partial charge in [0.25, 0.3) is 0 Å². The predicted octanol–water partition coefficient (Wildman–Crippen LogP) is 1.98. The van der Waals surface area contributed by atoms with Gasteiger partial charge >= 0.3 is 0 Å². The van der Waals surface area contributed by atoms with Crippen LogP contribution in [0.3, 0.4) is 0 Å². The predicted molar refractivity (Wildman–Crippen MR) is 49.5 cm³/mol. The minimum Gasteiger partial charge on any atom is -0.261 e. The van der Waals surface area contributed by atoms with E-state index in [9.17, 15) is 0 Å². The van der Waals surface area contributed by atoms with E-state index < -0.39 is 5.41 Å². The lowest BCUT2D eigenvalue weighted by Crippen LogP contribution is -2.13. The summed E-state index contributed by atoms with van der Waals surface area (Å²) in [6.07, 6.45) is 1.72. The summed E-state index contributed by atoms with van der Waals surface area (Å²) in [4.78, 5) is 0.